The van der Waals surface area contributed by atoms with E-state index < -0.39 is 0 Å². The molecule has 0 bridgehead atoms. The van der Waals surface area contributed by atoms with Gasteiger partial charge in [0.1, 0.15) is 11.5 Å². The maximum atomic E-state index is 13.1. The number of hydrogen-bond acceptors (Lipinski definition) is 5. The molecule has 2 aliphatic heterocycles. The van der Waals surface area contributed by atoms with Gasteiger partial charge < -0.3 is 14.1 Å². The fourth-order valence-corrected chi connectivity index (χ4v) is 4.34. The van der Waals surface area contributed by atoms with Gasteiger partial charge in [-0.1, -0.05) is 6.07 Å². The number of carbonyl (C=O) groups is 1. The zero-order chi connectivity index (χ0) is 18.1. The molecule has 2 aromatic rings. The van der Waals surface area contributed by atoms with E-state index >= 15 is 0 Å². The van der Waals surface area contributed by atoms with E-state index in [4.69, 9.17) is 9.15 Å². The summed E-state index contributed by atoms with van der Waals surface area (Å²) in [6.07, 6.45) is 2.76. The van der Waals surface area contributed by atoms with E-state index in [1.54, 1.807) is 13.4 Å². The summed E-state index contributed by atoms with van der Waals surface area (Å²) in [4.78, 5) is 21.9. The molecule has 0 N–H and O–H groups in total. The van der Waals surface area contributed by atoms with Crippen LogP contribution in [-0.2, 0) is 11.3 Å². The Morgan fingerprint density at radius 3 is 2.92 bits per heavy atom. The molecular weight excluding hydrogens is 330 g/mol. The first kappa shape index (κ1) is 17.2. The summed E-state index contributed by atoms with van der Waals surface area (Å²) in [5, 5.41) is 0. The molecule has 2 saturated heterocycles. The highest BCUT2D eigenvalue weighted by Crippen LogP contribution is 2.34. The third kappa shape index (κ3) is 3.27. The van der Waals surface area contributed by atoms with Crippen molar-refractivity contribution in [1.29, 1.82) is 0 Å². The number of piperidine rings is 1. The number of fused-ring (bicyclic) bond motifs is 1. The van der Waals surface area contributed by atoms with Crippen molar-refractivity contribution in [3.8, 4) is 0 Å². The highest BCUT2D eigenvalue weighted by Gasteiger charge is 2.46. The van der Waals surface area contributed by atoms with Crippen LogP contribution in [0.2, 0.25) is 0 Å². The normalized spacial score (nSPS) is 26.1. The van der Waals surface area contributed by atoms with Gasteiger partial charge in [0.2, 0.25) is 0 Å². The van der Waals surface area contributed by atoms with Gasteiger partial charge in [-0.25, -0.2) is 4.98 Å². The van der Waals surface area contributed by atoms with E-state index in [0.29, 0.717) is 18.2 Å². The van der Waals surface area contributed by atoms with E-state index in [0.717, 1.165) is 37.5 Å². The Hall–Kier alpha value is -2.18. The molecule has 4 heterocycles. The fraction of sp³-hybridized carbons (Fsp3) is 0.500. The van der Waals surface area contributed by atoms with Crippen LogP contribution >= 0.6 is 0 Å². The molecule has 0 aliphatic carbocycles. The lowest BCUT2D eigenvalue weighted by molar-refractivity contribution is -0.0159. The molecule has 0 unspecified atom stereocenters. The average molecular weight is 355 g/mol. The molecule has 0 saturated carbocycles. The van der Waals surface area contributed by atoms with E-state index in [-0.39, 0.29) is 18.1 Å². The van der Waals surface area contributed by atoms with E-state index in [9.17, 15) is 4.79 Å². The lowest BCUT2D eigenvalue weighted by Crippen LogP contribution is -2.53. The number of likely N-dealkylation sites (tertiary alicyclic amines) is 2. The minimum absolute atomic E-state index is 0.0260. The third-order valence-corrected chi connectivity index (χ3v) is 5.57. The molecule has 138 valence electrons. The Morgan fingerprint density at radius 1 is 1.31 bits per heavy atom. The monoisotopic (exact) mass is 355 g/mol. The van der Waals surface area contributed by atoms with Crippen molar-refractivity contribution in [3.05, 3.63) is 53.7 Å². The molecule has 2 fully saturated rings. The van der Waals surface area contributed by atoms with Crippen LogP contribution in [0.25, 0.3) is 0 Å². The topological polar surface area (TPSA) is 58.8 Å². The number of carbonyl (C=O) groups excluding carboxylic acids is 1. The molecule has 1 amide bonds. The van der Waals surface area contributed by atoms with Crippen molar-refractivity contribution >= 4 is 5.91 Å². The number of rotatable bonds is 4. The van der Waals surface area contributed by atoms with Gasteiger partial charge in [-0.2, -0.15) is 0 Å². The third-order valence-electron chi connectivity index (χ3n) is 5.57. The number of aryl methyl sites for hydroxylation is 1. The standard InChI is InChI=1S/C20H25N3O3/c1-14-5-3-7-17(21-14)20(24)23-9-8-19(25-2)16-12-22(13-18(16)23)11-15-6-4-10-26-15/h3-7,10,16,18-19H,8-9,11-13H2,1-2H3/t16-,18+,19-/m1/s1. The molecule has 6 heteroatoms. The van der Waals surface area contributed by atoms with E-state index in [1.807, 2.05) is 42.2 Å². The van der Waals surface area contributed by atoms with Crippen LogP contribution < -0.4 is 0 Å². The number of methoxy groups -OCH3 is 1. The van der Waals surface area contributed by atoms with Crippen molar-refractivity contribution < 1.29 is 13.9 Å². The van der Waals surface area contributed by atoms with Crippen molar-refractivity contribution in [2.45, 2.75) is 32.0 Å². The molecular formula is C20H25N3O3. The Morgan fingerprint density at radius 2 is 2.19 bits per heavy atom. The van der Waals surface area contributed by atoms with Gasteiger partial charge in [0.15, 0.2) is 0 Å². The van der Waals surface area contributed by atoms with Gasteiger partial charge in [0, 0.05) is 38.4 Å². The predicted octanol–water partition coefficient (Wildman–Crippen LogP) is 2.34. The van der Waals surface area contributed by atoms with Crippen molar-refractivity contribution in [2.24, 2.45) is 5.92 Å². The van der Waals surface area contributed by atoms with Crippen LogP contribution in [0.15, 0.2) is 41.0 Å². The lowest BCUT2D eigenvalue weighted by Gasteiger charge is -2.41. The van der Waals surface area contributed by atoms with Crippen LogP contribution in [0.5, 0.6) is 0 Å². The van der Waals surface area contributed by atoms with Crippen molar-refractivity contribution in [2.75, 3.05) is 26.7 Å². The highest BCUT2D eigenvalue weighted by atomic mass is 16.5. The molecule has 2 aliphatic rings. The Bertz CT molecular complexity index is 761. The Kier molecular flexibility index (Phi) is 4.78. The average Bonchev–Trinajstić information content (AvgIpc) is 3.30. The number of amides is 1. The second-order valence-corrected chi connectivity index (χ2v) is 7.23. The summed E-state index contributed by atoms with van der Waals surface area (Å²) in [5.41, 5.74) is 1.40. The minimum atomic E-state index is 0.0260. The van der Waals surface area contributed by atoms with Crippen molar-refractivity contribution in [1.82, 2.24) is 14.8 Å². The molecule has 0 spiro atoms. The fourth-order valence-electron chi connectivity index (χ4n) is 4.34. The molecule has 6 nitrogen and oxygen atoms in total. The van der Waals surface area contributed by atoms with Gasteiger partial charge in [-0.05, 0) is 37.6 Å². The molecule has 3 atom stereocenters. The quantitative estimate of drug-likeness (QED) is 0.843. The first-order valence-corrected chi connectivity index (χ1v) is 9.18. The Balaban J connectivity index is 1.54. The van der Waals surface area contributed by atoms with Gasteiger partial charge in [-0.3, -0.25) is 9.69 Å². The summed E-state index contributed by atoms with van der Waals surface area (Å²) in [6, 6.07) is 9.68. The highest BCUT2D eigenvalue weighted by molar-refractivity contribution is 5.92. The van der Waals surface area contributed by atoms with Gasteiger partial charge >= 0.3 is 0 Å². The minimum Gasteiger partial charge on any atom is -0.468 e. The van der Waals surface area contributed by atoms with Gasteiger partial charge in [0.25, 0.3) is 5.91 Å². The predicted molar refractivity (Wildman–Crippen MR) is 96.7 cm³/mol. The number of pyridine rings is 1. The maximum absolute atomic E-state index is 13.1. The molecule has 2 aromatic heterocycles. The number of hydrogen-bond donors (Lipinski definition) is 0. The van der Waals surface area contributed by atoms with Gasteiger partial charge in [-0.15, -0.1) is 0 Å². The summed E-state index contributed by atoms with van der Waals surface area (Å²) < 4.78 is 11.2. The molecule has 0 radical (unpaired) electrons. The van der Waals surface area contributed by atoms with Crippen LogP contribution in [0, 0.1) is 12.8 Å². The lowest BCUT2D eigenvalue weighted by atomic mass is 9.88. The SMILES string of the molecule is CO[C@@H]1CCN(C(=O)c2cccc(C)n2)[C@H]2CN(Cc3ccco3)C[C@@H]12. The number of ether oxygens (including phenoxy) is 1. The van der Waals surface area contributed by atoms with Crippen LogP contribution in [0.1, 0.15) is 28.4 Å². The number of nitrogens with zero attached hydrogens (tertiary/aromatic N) is 3. The summed E-state index contributed by atoms with van der Waals surface area (Å²) >= 11 is 0. The zero-order valence-electron chi connectivity index (χ0n) is 15.3. The molecule has 26 heavy (non-hydrogen) atoms. The molecule has 4 rings (SSSR count). The van der Waals surface area contributed by atoms with Crippen molar-refractivity contribution in [3.63, 3.8) is 0 Å². The van der Waals surface area contributed by atoms with Crippen LogP contribution in [0.3, 0.4) is 0 Å². The van der Waals surface area contributed by atoms with Gasteiger partial charge in [0.05, 0.1) is 25.0 Å². The largest absolute Gasteiger partial charge is 0.468 e. The smallest absolute Gasteiger partial charge is 0.272 e. The summed E-state index contributed by atoms with van der Waals surface area (Å²) in [6.45, 7) is 5.14. The second kappa shape index (κ2) is 7.21. The number of aromatic nitrogens is 1. The first-order valence-electron chi connectivity index (χ1n) is 9.18. The van der Waals surface area contributed by atoms with E-state index in [2.05, 4.69) is 9.88 Å². The summed E-state index contributed by atoms with van der Waals surface area (Å²) in [7, 11) is 1.77. The van der Waals surface area contributed by atoms with E-state index in [1.165, 1.54) is 0 Å². The number of furan rings is 1. The maximum Gasteiger partial charge on any atom is 0.272 e. The first-order chi connectivity index (χ1) is 12.7. The zero-order valence-corrected chi connectivity index (χ0v) is 15.3. The second-order valence-electron chi connectivity index (χ2n) is 7.23. The van der Waals surface area contributed by atoms with Crippen LogP contribution in [-0.4, -0.2) is 59.6 Å². The summed E-state index contributed by atoms with van der Waals surface area (Å²) in [5.74, 6) is 1.30. The van der Waals surface area contributed by atoms with Crippen LogP contribution in [0.4, 0.5) is 0 Å². The molecule has 0 aromatic carbocycles. The Labute approximate surface area is 153 Å².